The number of ether oxygens (including phenoxy) is 1. The molecule has 0 bridgehead atoms. The molecule has 20 heavy (non-hydrogen) atoms. The van der Waals surface area contributed by atoms with E-state index >= 15 is 0 Å². The van der Waals surface area contributed by atoms with Crippen LogP contribution in [0.5, 0.6) is 0 Å². The number of aromatic nitrogens is 1. The fourth-order valence-corrected chi connectivity index (χ4v) is 3.02. The van der Waals surface area contributed by atoms with Crippen molar-refractivity contribution in [2.75, 3.05) is 26.7 Å². The summed E-state index contributed by atoms with van der Waals surface area (Å²) in [5.41, 5.74) is 7.35. The molecular weight excluding hydrogens is 250 g/mol. The number of likely N-dealkylation sites (N-methyl/N-ethyl adjacent to an activating group) is 1. The Kier molecular flexibility index (Phi) is 5.52. The number of nitrogens with zero attached hydrogens (tertiary/aromatic N) is 2. The lowest BCUT2D eigenvalue weighted by molar-refractivity contribution is -0.0646. The highest BCUT2D eigenvalue weighted by atomic mass is 16.5. The minimum atomic E-state index is 0.0910. The van der Waals surface area contributed by atoms with E-state index in [0.717, 1.165) is 44.5 Å². The predicted octanol–water partition coefficient (Wildman–Crippen LogP) is 1.84. The average Bonchev–Trinajstić information content (AvgIpc) is 2.53. The molecule has 0 radical (unpaired) electrons. The van der Waals surface area contributed by atoms with Crippen molar-refractivity contribution in [2.45, 2.75) is 44.2 Å². The molecule has 1 saturated heterocycles. The van der Waals surface area contributed by atoms with Gasteiger partial charge in [0.25, 0.3) is 0 Å². The normalized spacial score (nSPS) is 26.9. The summed E-state index contributed by atoms with van der Waals surface area (Å²) in [6.07, 6.45) is 6.31. The second-order valence-corrected chi connectivity index (χ2v) is 5.78. The summed E-state index contributed by atoms with van der Waals surface area (Å²) in [6.45, 7) is 4.70. The molecule has 0 aliphatic carbocycles. The first-order valence-electron chi connectivity index (χ1n) is 7.63. The first kappa shape index (κ1) is 15.4. The first-order valence-corrected chi connectivity index (χ1v) is 7.63. The Labute approximate surface area is 122 Å². The van der Waals surface area contributed by atoms with Crippen LogP contribution < -0.4 is 5.73 Å². The molecule has 0 spiro atoms. The SMILES string of the molecule is CCC1CC(CN)(N(C)CCc2ccccn2)CCO1. The predicted molar refractivity (Wildman–Crippen MR) is 81.6 cm³/mol. The number of hydrogen-bond donors (Lipinski definition) is 1. The average molecular weight is 277 g/mol. The summed E-state index contributed by atoms with van der Waals surface area (Å²) in [5, 5.41) is 0. The second-order valence-electron chi connectivity index (χ2n) is 5.78. The Morgan fingerprint density at radius 3 is 3.00 bits per heavy atom. The zero-order valence-electron chi connectivity index (χ0n) is 12.7. The summed E-state index contributed by atoms with van der Waals surface area (Å²) in [4.78, 5) is 6.82. The number of nitrogens with two attached hydrogens (primary N) is 1. The minimum absolute atomic E-state index is 0.0910. The third kappa shape index (κ3) is 3.57. The highest BCUT2D eigenvalue weighted by Gasteiger charge is 2.38. The van der Waals surface area contributed by atoms with E-state index in [1.807, 2.05) is 18.3 Å². The Morgan fingerprint density at radius 2 is 2.35 bits per heavy atom. The molecule has 1 aromatic heterocycles. The van der Waals surface area contributed by atoms with Crippen molar-refractivity contribution in [3.05, 3.63) is 30.1 Å². The van der Waals surface area contributed by atoms with E-state index in [-0.39, 0.29) is 5.54 Å². The van der Waals surface area contributed by atoms with Gasteiger partial charge in [0.05, 0.1) is 6.10 Å². The summed E-state index contributed by atoms with van der Waals surface area (Å²) < 4.78 is 5.80. The van der Waals surface area contributed by atoms with Crippen LogP contribution in [0, 0.1) is 0 Å². The van der Waals surface area contributed by atoms with Gasteiger partial charge in [-0.25, -0.2) is 0 Å². The molecule has 2 rings (SSSR count). The monoisotopic (exact) mass is 277 g/mol. The summed E-state index contributed by atoms with van der Waals surface area (Å²) in [6, 6.07) is 6.09. The van der Waals surface area contributed by atoms with Gasteiger partial charge >= 0.3 is 0 Å². The standard InChI is InChI=1S/C16H27N3O/c1-3-15-12-16(13-17,8-11-20-15)19(2)10-7-14-6-4-5-9-18-14/h4-6,9,15H,3,7-8,10-13,17H2,1-2H3. The molecule has 2 heterocycles. The molecule has 2 atom stereocenters. The lowest BCUT2D eigenvalue weighted by Crippen LogP contribution is -2.57. The van der Waals surface area contributed by atoms with Crippen LogP contribution in [0.3, 0.4) is 0 Å². The molecule has 0 saturated carbocycles. The lowest BCUT2D eigenvalue weighted by Gasteiger charge is -2.46. The molecule has 1 aliphatic rings. The van der Waals surface area contributed by atoms with Crippen molar-refractivity contribution in [2.24, 2.45) is 5.73 Å². The van der Waals surface area contributed by atoms with Gasteiger partial charge in [-0.15, -0.1) is 0 Å². The van der Waals surface area contributed by atoms with Crippen LogP contribution in [-0.2, 0) is 11.2 Å². The molecule has 1 aliphatic heterocycles. The third-order valence-electron chi connectivity index (χ3n) is 4.60. The van der Waals surface area contributed by atoms with Gasteiger partial charge in [0.15, 0.2) is 0 Å². The van der Waals surface area contributed by atoms with Gasteiger partial charge in [0.1, 0.15) is 0 Å². The van der Waals surface area contributed by atoms with Crippen molar-refractivity contribution in [3.8, 4) is 0 Å². The van der Waals surface area contributed by atoms with Gasteiger partial charge in [0.2, 0.25) is 0 Å². The van der Waals surface area contributed by atoms with Gasteiger partial charge in [-0.05, 0) is 38.4 Å². The van der Waals surface area contributed by atoms with Crippen LogP contribution in [0.1, 0.15) is 31.9 Å². The second kappa shape index (κ2) is 7.16. The van der Waals surface area contributed by atoms with Gasteiger partial charge < -0.3 is 10.5 Å². The molecule has 112 valence electrons. The maximum atomic E-state index is 6.11. The molecule has 2 N–H and O–H groups in total. The minimum Gasteiger partial charge on any atom is -0.378 e. The van der Waals surface area contributed by atoms with E-state index in [9.17, 15) is 0 Å². The zero-order chi connectivity index (χ0) is 14.4. The first-order chi connectivity index (χ1) is 9.70. The molecule has 4 heteroatoms. The Hall–Kier alpha value is -0.970. The fraction of sp³-hybridized carbons (Fsp3) is 0.688. The van der Waals surface area contributed by atoms with Crippen molar-refractivity contribution in [3.63, 3.8) is 0 Å². The van der Waals surface area contributed by atoms with Crippen molar-refractivity contribution in [1.29, 1.82) is 0 Å². The highest BCUT2D eigenvalue weighted by Crippen LogP contribution is 2.30. The van der Waals surface area contributed by atoms with E-state index in [0.29, 0.717) is 12.6 Å². The Morgan fingerprint density at radius 1 is 1.50 bits per heavy atom. The van der Waals surface area contributed by atoms with Crippen molar-refractivity contribution >= 4 is 0 Å². The van der Waals surface area contributed by atoms with Crippen LogP contribution in [0.25, 0.3) is 0 Å². The maximum absolute atomic E-state index is 6.11. The molecular formula is C16H27N3O. The summed E-state index contributed by atoms with van der Waals surface area (Å²) in [5.74, 6) is 0. The van der Waals surface area contributed by atoms with Crippen LogP contribution in [0.15, 0.2) is 24.4 Å². The third-order valence-corrected chi connectivity index (χ3v) is 4.60. The number of hydrogen-bond acceptors (Lipinski definition) is 4. The molecule has 4 nitrogen and oxygen atoms in total. The zero-order valence-corrected chi connectivity index (χ0v) is 12.7. The Balaban J connectivity index is 1.96. The largest absolute Gasteiger partial charge is 0.378 e. The van der Waals surface area contributed by atoms with Gasteiger partial charge in [-0.2, -0.15) is 0 Å². The number of rotatable bonds is 6. The summed E-state index contributed by atoms with van der Waals surface area (Å²) >= 11 is 0. The van der Waals surface area contributed by atoms with Crippen LogP contribution in [0.2, 0.25) is 0 Å². The molecule has 1 aromatic rings. The molecule has 0 aromatic carbocycles. The van der Waals surface area contributed by atoms with Crippen molar-refractivity contribution in [1.82, 2.24) is 9.88 Å². The maximum Gasteiger partial charge on any atom is 0.0590 e. The van der Waals surface area contributed by atoms with E-state index in [1.165, 1.54) is 0 Å². The van der Waals surface area contributed by atoms with Crippen LogP contribution in [-0.4, -0.2) is 48.3 Å². The van der Waals surface area contributed by atoms with E-state index in [2.05, 4.69) is 29.9 Å². The molecule has 2 unspecified atom stereocenters. The van der Waals surface area contributed by atoms with Crippen LogP contribution in [0.4, 0.5) is 0 Å². The van der Waals surface area contributed by atoms with Gasteiger partial charge in [0, 0.05) is 43.5 Å². The highest BCUT2D eigenvalue weighted by molar-refractivity contribution is 5.04. The van der Waals surface area contributed by atoms with Crippen LogP contribution >= 0.6 is 0 Å². The fourth-order valence-electron chi connectivity index (χ4n) is 3.02. The quantitative estimate of drug-likeness (QED) is 0.862. The van der Waals surface area contributed by atoms with Crippen molar-refractivity contribution < 1.29 is 4.74 Å². The Bertz CT molecular complexity index is 398. The van der Waals surface area contributed by atoms with E-state index in [4.69, 9.17) is 10.5 Å². The summed E-state index contributed by atoms with van der Waals surface area (Å²) in [7, 11) is 2.19. The van der Waals surface area contributed by atoms with Gasteiger partial charge in [-0.3, -0.25) is 9.88 Å². The molecule has 1 fully saturated rings. The topological polar surface area (TPSA) is 51.4 Å². The van der Waals surface area contributed by atoms with E-state index in [1.54, 1.807) is 0 Å². The van der Waals surface area contributed by atoms with Gasteiger partial charge in [-0.1, -0.05) is 13.0 Å². The number of pyridine rings is 1. The molecule has 0 amide bonds. The smallest absolute Gasteiger partial charge is 0.0590 e. The lowest BCUT2D eigenvalue weighted by atomic mass is 9.84. The van der Waals surface area contributed by atoms with E-state index < -0.39 is 0 Å².